The molecule has 12 heteroatoms. The third-order valence-corrected chi connectivity index (χ3v) is 5.39. The average molecular weight is 599 g/mol. The van der Waals surface area contributed by atoms with Gasteiger partial charge in [-0.3, -0.25) is 4.79 Å². The molecule has 0 heterocycles. The van der Waals surface area contributed by atoms with E-state index in [1.54, 1.807) is 0 Å². The number of hydrogen-bond acceptors (Lipinski definition) is 12. The Morgan fingerprint density at radius 1 is 0.439 bits per heavy atom. The number of carbonyl (C=O) groups is 1. The molecule has 0 saturated carbocycles. The van der Waals surface area contributed by atoms with Gasteiger partial charge in [0, 0.05) is 13.0 Å². The molecule has 0 aliphatic rings. The van der Waals surface area contributed by atoms with Crippen LogP contribution in [0.25, 0.3) is 0 Å². The van der Waals surface area contributed by atoms with Gasteiger partial charge in [0.15, 0.2) is 0 Å². The molecule has 0 bridgehead atoms. The minimum Gasteiger partial charge on any atom is -0.463 e. The van der Waals surface area contributed by atoms with Gasteiger partial charge < -0.3 is 52.1 Å². The molecule has 12 nitrogen and oxygen atoms in total. The molecule has 41 heavy (non-hydrogen) atoms. The van der Waals surface area contributed by atoms with Crippen LogP contribution in [0.2, 0.25) is 0 Å². The fourth-order valence-electron chi connectivity index (χ4n) is 2.87. The maximum atomic E-state index is 11.2. The second kappa shape index (κ2) is 35.3. The van der Waals surface area contributed by atoms with Crippen LogP contribution in [0.1, 0.15) is 40.0 Å². The molecule has 0 aromatic rings. The van der Waals surface area contributed by atoms with Gasteiger partial charge in [-0.1, -0.05) is 27.2 Å². The summed E-state index contributed by atoms with van der Waals surface area (Å²) in [6.07, 6.45) is 2.36. The SMILES string of the molecule is CCCC(=O)OCCOCCOCCOCCOCCOCCOCCOCCOCCOCCOCC(C)CC. The van der Waals surface area contributed by atoms with Gasteiger partial charge in [-0.05, 0) is 12.3 Å². The monoisotopic (exact) mass is 598 g/mol. The van der Waals surface area contributed by atoms with E-state index < -0.39 is 0 Å². The first kappa shape index (κ1) is 40.1. The summed E-state index contributed by atoms with van der Waals surface area (Å²) in [5.41, 5.74) is 0. The Labute approximate surface area is 247 Å². The van der Waals surface area contributed by atoms with Crippen LogP contribution in [0.3, 0.4) is 0 Å². The van der Waals surface area contributed by atoms with Crippen molar-refractivity contribution in [3.8, 4) is 0 Å². The number of carbonyl (C=O) groups excluding carboxylic acids is 1. The zero-order valence-corrected chi connectivity index (χ0v) is 25.9. The summed E-state index contributed by atoms with van der Waals surface area (Å²) in [7, 11) is 0. The fraction of sp³-hybridized carbons (Fsp3) is 0.966. The van der Waals surface area contributed by atoms with E-state index in [-0.39, 0.29) is 12.6 Å². The smallest absolute Gasteiger partial charge is 0.305 e. The van der Waals surface area contributed by atoms with E-state index in [9.17, 15) is 4.79 Å². The maximum Gasteiger partial charge on any atom is 0.305 e. The molecule has 0 aromatic carbocycles. The lowest BCUT2D eigenvalue weighted by atomic mass is 10.1. The quantitative estimate of drug-likeness (QED) is 0.0788. The Bertz CT molecular complexity index is 512. The Morgan fingerprint density at radius 2 is 0.707 bits per heavy atom. The van der Waals surface area contributed by atoms with Crippen LogP contribution >= 0.6 is 0 Å². The summed E-state index contributed by atoms with van der Waals surface area (Å²) >= 11 is 0. The van der Waals surface area contributed by atoms with Crippen molar-refractivity contribution in [2.75, 3.05) is 139 Å². The van der Waals surface area contributed by atoms with Crippen LogP contribution in [-0.2, 0) is 56.9 Å². The second-order valence-corrected chi connectivity index (χ2v) is 9.07. The molecule has 0 saturated heterocycles. The van der Waals surface area contributed by atoms with Crippen LogP contribution in [0, 0.1) is 5.92 Å². The van der Waals surface area contributed by atoms with Gasteiger partial charge in [0.25, 0.3) is 0 Å². The zero-order chi connectivity index (χ0) is 29.9. The summed E-state index contributed by atoms with van der Waals surface area (Å²) in [5.74, 6) is 0.411. The molecular weight excluding hydrogens is 540 g/mol. The lowest BCUT2D eigenvalue weighted by Crippen LogP contribution is -2.15. The van der Waals surface area contributed by atoms with E-state index in [1.807, 2.05) is 6.92 Å². The second-order valence-electron chi connectivity index (χ2n) is 9.07. The largest absolute Gasteiger partial charge is 0.463 e. The molecule has 0 aliphatic heterocycles. The fourth-order valence-corrected chi connectivity index (χ4v) is 2.87. The molecule has 0 aliphatic carbocycles. The summed E-state index contributed by atoms with van der Waals surface area (Å²) in [4.78, 5) is 11.2. The topological polar surface area (TPSA) is 119 Å². The van der Waals surface area contributed by atoms with Crippen molar-refractivity contribution < 1.29 is 56.9 Å². The molecule has 0 aromatic heterocycles. The normalized spacial score (nSPS) is 12.2. The van der Waals surface area contributed by atoms with E-state index in [2.05, 4.69) is 13.8 Å². The number of hydrogen-bond donors (Lipinski definition) is 0. The minimum atomic E-state index is -0.186. The van der Waals surface area contributed by atoms with Crippen molar-refractivity contribution >= 4 is 5.97 Å². The van der Waals surface area contributed by atoms with Crippen molar-refractivity contribution in [3.05, 3.63) is 0 Å². The predicted octanol–water partition coefficient (Wildman–Crippen LogP) is 2.54. The molecule has 246 valence electrons. The molecule has 0 N–H and O–H groups in total. The third-order valence-electron chi connectivity index (χ3n) is 5.39. The highest BCUT2D eigenvalue weighted by Crippen LogP contribution is 2.00. The third kappa shape index (κ3) is 35.2. The molecule has 0 amide bonds. The van der Waals surface area contributed by atoms with E-state index >= 15 is 0 Å². The summed E-state index contributed by atoms with van der Waals surface area (Å²) in [6, 6.07) is 0. The predicted molar refractivity (Wildman–Crippen MR) is 154 cm³/mol. The van der Waals surface area contributed by atoms with Gasteiger partial charge in [-0.25, -0.2) is 0 Å². The minimum absolute atomic E-state index is 0.186. The summed E-state index contributed by atoms with van der Waals surface area (Å²) in [5, 5.41) is 0. The first-order chi connectivity index (χ1) is 20.2. The van der Waals surface area contributed by atoms with Crippen molar-refractivity contribution in [3.63, 3.8) is 0 Å². The average Bonchev–Trinajstić information content (AvgIpc) is 2.97. The molecule has 0 rings (SSSR count). The highest BCUT2D eigenvalue weighted by Gasteiger charge is 2.00. The molecule has 0 fully saturated rings. The van der Waals surface area contributed by atoms with Gasteiger partial charge in [-0.2, -0.15) is 0 Å². The van der Waals surface area contributed by atoms with E-state index in [0.717, 1.165) is 19.4 Å². The summed E-state index contributed by atoms with van der Waals surface area (Å²) in [6.45, 7) is 17.1. The highest BCUT2D eigenvalue weighted by atomic mass is 16.6. The van der Waals surface area contributed by atoms with Crippen molar-refractivity contribution in [1.29, 1.82) is 0 Å². The number of esters is 1. The lowest BCUT2D eigenvalue weighted by Gasteiger charge is -2.10. The molecular formula is C29H58O12. The van der Waals surface area contributed by atoms with Gasteiger partial charge in [-0.15, -0.1) is 0 Å². The Kier molecular flexibility index (Phi) is 34.5. The molecule has 1 atom stereocenters. The molecule has 0 spiro atoms. The zero-order valence-electron chi connectivity index (χ0n) is 25.9. The first-order valence-electron chi connectivity index (χ1n) is 15.1. The Balaban J connectivity index is 3.06. The van der Waals surface area contributed by atoms with Crippen molar-refractivity contribution in [2.24, 2.45) is 5.92 Å². The maximum absolute atomic E-state index is 11.2. The van der Waals surface area contributed by atoms with Crippen molar-refractivity contribution in [2.45, 2.75) is 40.0 Å². The van der Waals surface area contributed by atoms with Crippen LogP contribution in [0.4, 0.5) is 0 Å². The van der Waals surface area contributed by atoms with Crippen LogP contribution in [0.15, 0.2) is 0 Å². The van der Waals surface area contributed by atoms with E-state index in [0.29, 0.717) is 138 Å². The first-order valence-corrected chi connectivity index (χ1v) is 15.1. The van der Waals surface area contributed by atoms with Crippen LogP contribution in [-0.4, -0.2) is 145 Å². The molecule has 1 unspecified atom stereocenters. The van der Waals surface area contributed by atoms with Gasteiger partial charge >= 0.3 is 5.97 Å². The number of ether oxygens (including phenoxy) is 11. The van der Waals surface area contributed by atoms with Crippen molar-refractivity contribution in [1.82, 2.24) is 0 Å². The van der Waals surface area contributed by atoms with Crippen LogP contribution in [0.5, 0.6) is 0 Å². The standard InChI is InChI=1S/C29H58O12/c1-4-6-29(30)41-26-25-39-22-21-37-18-17-35-14-13-33-10-9-31-7-8-32-11-12-34-15-16-36-19-20-38-23-24-40-27-28(3)5-2/h28H,4-27H2,1-3H3. The van der Waals surface area contributed by atoms with Gasteiger partial charge in [0.1, 0.15) is 6.61 Å². The van der Waals surface area contributed by atoms with Crippen LogP contribution < -0.4 is 0 Å². The highest BCUT2D eigenvalue weighted by molar-refractivity contribution is 5.69. The van der Waals surface area contributed by atoms with E-state index in [1.165, 1.54) is 0 Å². The Hall–Kier alpha value is -0.930. The Morgan fingerprint density at radius 3 is 0.976 bits per heavy atom. The number of rotatable bonds is 35. The van der Waals surface area contributed by atoms with Gasteiger partial charge in [0.05, 0.1) is 126 Å². The summed E-state index contributed by atoms with van der Waals surface area (Å²) < 4.78 is 59.5. The lowest BCUT2D eigenvalue weighted by molar-refractivity contribution is -0.145. The van der Waals surface area contributed by atoms with Gasteiger partial charge in [0.2, 0.25) is 0 Å². The molecule has 0 radical (unpaired) electrons. The van der Waals surface area contributed by atoms with E-state index in [4.69, 9.17) is 52.1 Å².